The molecule has 5 heteroatoms. The van der Waals surface area contributed by atoms with Crippen LogP contribution in [0.4, 0.5) is 11.4 Å². The Labute approximate surface area is 148 Å². The molecule has 0 aliphatic carbocycles. The van der Waals surface area contributed by atoms with Gasteiger partial charge >= 0.3 is 0 Å². The Morgan fingerprint density at radius 1 is 1.08 bits per heavy atom. The van der Waals surface area contributed by atoms with Crippen LogP contribution < -0.4 is 15.4 Å². The molecule has 0 unspecified atom stereocenters. The Hall–Kier alpha value is -2.20. The van der Waals surface area contributed by atoms with E-state index >= 15 is 0 Å². The van der Waals surface area contributed by atoms with Gasteiger partial charge in [-0.2, -0.15) is 0 Å². The third-order valence-corrected chi connectivity index (χ3v) is 3.93. The van der Waals surface area contributed by atoms with E-state index in [4.69, 9.17) is 16.3 Å². The first-order valence-corrected chi connectivity index (χ1v) is 8.15. The fourth-order valence-electron chi connectivity index (χ4n) is 2.22. The van der Waals surface area contributed by atoms with Crippen molar-refractivity contribution in [3.63, 3.8) is 0 Å². The molecule has 0 spiro atoms. The van der Waals surface area contributed by atoms with Crippen molar-refractivity contribution in [2.75, 3.05) is 24.3 Å². The van der Waals surface area contributed by atoms with Crippen LogP contribution in [-0.2, 0) is 10.2 Å². The maximum atomic E-state index is 12.0. The highest BCUT2D eigenvalue weighted by Crippen LogP contribution is 2.27. The van der Waals surface area contributed by atoms with Crippen LogP contribution in [0.1, 0.15) is 26.3 Å². The van der Waals surface area contributed by atoms with Gasteiger partial charge < -0.3 is 15.4 Å². The monoisotopic (exact) mass is 346 g/mol. The van der Waals surface area contributed by atoms with Crippen molar-refractivity contribution < 1.29 is 9.53 Å². The van der Waals surface area contributed by atoms with Crippen LogP contribution in [0.25, 0.3) is 0 Å². The molecule has 0 aliphatic rings. The number of methoxy groups -OCH3 is 1. The van der Waals surface area contributed by atoms with Crippen molar-refractivity contribution >= 4 is 28.9 Å². The predicted octanol–water partition coefficient (Wildman–Crippen LogP) is 4.70. The van der Waals surface area contributed by atoms with Crippen molar-refractivity contribution in [1.82, 2.24) is 0 Å². The highest BCUT2D eigenvalue weighted by Gasteiger charge is 2.13. The summed E-state index contributed by atoms with van der Waals surface area (Å²) in [5, 5.41) is 6.41. The number of hydrogen-bond donors (Lipinski definition) is 2. The summed E-state index contributed by atoms with van der Waals surface area (Å²) in [5.41, 5.74) is 2.87. The molecule has 0 fully saturated rings. The van der Waals surface area contributed by atoms with Crippen molar-refractivity contribution in [1.29, 1.82) is 0 Å². The lowest BCUT2D eigenvalue weighted by Crippen LogP contribution is -2.21. The topological polar surface area (TPSA) is 50.4 Å². The molecule has 0 bridgehead atoms. The summed E-state index contributed by atoms with van der Waals surface area (Å²) in [6.45, 7) is 6.63. The zero-order chi connectivity index (χ0) is 17.7. The standard InChI is InChI=1S/C19H23ClN2O2/c1-19(2,3)13-5-7-14(8-6-13)22-18(23)12-21-15-9-10-17(24-4)16(20)11-15/h5-11,21H,12H2,1-4H3,(H,22,23). The first kappa shape index (κ1) is 18.1. The van der Waals surface area contributed by atoms with Crippen LogP contribution in [0.15, 0.2) is 42.5 Å². The average molecular weight is 347 g/mol. The van der Waals surface area contributed by atoms with E-state index in [2.05, 4.69) is 31.4 Å². The molecule has 0 heterocycles. The maximum Gasteiger partial charge on any atom is 0.243 e. The number of nitrogens with one attached hydrogen (secondary N) is 2. The number of hydrogen-bond acceptors (Lipinski definition) is 3. The number of carbonyl (C=O) groups is 1. The summed E-state index contributed by atoms with van der Waals surface area (Å²) in [6, 6.07) is 13.2. The lowest BCUT2D eigenvalue weighted by atomic mass is 9.87. The second-order valence-electron chi connectivity index (χ2n) is 6.58. The molecule has 0 aromatic heterocycles. The van der Waals surface area contributed by atoms with E-state index in [1.165, 1.54) is 5.56 Å². The van der Waals surface area contributed by atoms with Gasteiger partial charge in [0, 0.05) is 11.4 Å². The van der Waals surface area contributed by atoms with Gasteiger partial charge in [0.15, 0.2) is 0 Å². The zero-order valence-corrected chi connectivity index (χ0v) is 15.2. The Morgan fingerprint density at radius 3 is 2.25 bits per heavy atom. The first-order chi connectivity index (χ1) is 11.3. The fraction of sp³-hybridized carbons (Fsp3) is 0.316. The van der Waals surface area contributed by atoms with E-state index in [1.807, 2.05) is 30.3 Å². The van der Waals surface area contributed by atoms with E-state index in [9.17, 15) is 4.79 Å². The van der Waals surface area contributed by atoms with Gasteiger partial charge in [0.25, 0.3) is 0 Å². The molecule has 2 rings (SSSR count). The minimum absolute atomic E-state index is 0.0950. The van der Waals surface area contributed by atoms with Crippen molar-refractivity contribution in [2.45, 2.75) is 26.2 Å². The quantitative estimate of drug-likeness (QED) is 0.825. The van der Waals surface area contributed by atoms with E-state index < -0.39 is 0 Å². The van der Waals surface area contributed by atoms with Crippen molar-refractivity contribution in [3.8, 4) is 5.75 Å². The second kappa shape index (κ2) is 7.58. The molecular formula is C19H23ClN2O2. The summed E-state index contributed by atoms with van der Waals surface area (Å²) in [6.07, 6.45) is 0. The molecule has 0 radical (unpaired) electrons. The molecule has 1 amide bonds. The van der Waals surface area contributed by atoms with Crippen LogP contribution in [0.5, 0.6) is 5.75 Å². The lowest BCUT2D eigenvalue weighted by molar-refractivity contribution is -0.114. The van der Waals surface area contributed by atoms with E-state index in [0.29, 0.717) is 10.8 Å². The number of halogens is 1. The van der Waals surface area contributed by atoms with E-state index in [0.717, 1.165) is 11.4 Å². The first-order valence-electron chi connectivity index (χ1n) is 7.77. The molecule has 0 aliphatic heterocycles. The number of carbonyl (C=O) groups excluding carboxylic acids is 1. The van der Waals surface area contributed by atoms with E-state index in [1.54, 1.807) is 19.2 Å². The van der Waals surface area contributed by atoms with Crippen LogP contribution in [0, 0.1) is 0 Å². The predicted molar refractivity (Wildman–Crippen MR) is 100 cm³/mol. The smallest absolute Gasteiger partial charge is 0.243 e. The Morgan fingerprint density at radius 2 is 1.71 bits per heavy atom. The van der Waals surface area contributed by atoms with Gasteiger partial charge in [-0.3, -0.25) is 4.79 Å². The van der Waals surface area contributed by atoms with Gasteiger partial charge in [0.05, 0.1) is 18.7 Å². The minimum Gasteiger partial charge on any atom is -0.495 e. The summed E-state index contributed by atoms with van der Waals surface area (Å²) < 4.78 is 5.10. The van der Waals surface area contributed by atoms with Gasteiger partial charge in [-0.1, -0.05) is 44.5 Å². The van der Waals surface area contributed by atoms with E-state index in [-0.39, 0.29) is 17.9 Å². The van der Waals surface area contributed by atoms with Crippen LogP contribution in [0.2, 0.25) is 5.02 Å². The van der Waals surface area contributed by atoms with Gasteiger partial charge in [0.2, 0.25) is 5.91 Å². The Kier molecular flexibility index (Phi) is 5.73. The van der Waals surface area contributed by atoms with Crippen LogP contribution in [0.3, 0.4) is 0 Å². The summed E-state index contributed by atoms with van der Waals surface area (Å²) >= 11 is 6.06. The summed E-state index contributed by atoms with van der Waals surface area (Å²) in [5.74, 6) is 0.482. The lowest BCUT2D eigenvalue weighted by Gasteiger charge is -2.19. The Balaban J connectivity index is 1.90. The van der Waals surface area contributed by atoms with Crippen molar-refractivity contribution in [3.05, 3.63) is 53.1 Å². The van der Waals surface area contributed by atoms with Gasteiger partial charge in [-0.05, 0) is 41.3 Å². The number of anilines is 2. The summed E-state index contributed by atoms with van der Waals surface area (Å²) in [7, 11) is 1.56. The molecule has 0 saturated carbocycles. The third kappa shape index (κ3) is 4.90. The maximum absolute atomic E-state index is 12.0. The molecular weight excluding hydrogens is 324 g/mol. The molecule has 24 heavy (non-hydrogen) atoms. The van der Waals surface area contributed by atoms with Crippen LogP contribution >= 0.6 is 11.6 Å². The Bertz CT molecular complexity index is 706. The molecule has 128 valence electrons. The molecule has 2 aromatic rings. The van der Waals surface area contributed by atoms with Gasteiger partial charge in [0.1, 0.15) is 5.75 Å². The number of benzene rings is 2. The van der Waals surface area contributed by atoms with Gasteiger partial charge in [-0.15, -0.1) is 0 Å². The molecule has 2 N–H and O–H groups in total. The van der Waals surface area contributed by atoms with Crippen LogP contribution in [-0.4, -0.2) is 19.6 Å². The second-order valence-corrected chi connectivity index (χ2v) is 6.99. The van der Waals surface area contributed by atoms with Gasteiger partial charge in [-0.25, -0.2) is 0 Å². The fourth-order valence-corrected chi connectivity index (χ4v) is 2.48. The highest BCUT2D eigenvalue weighted by atomic mass is 35.5. The normalized spacial score (nSPS) is 11.0. The third-order valence-electron chi connectivity index (χ3n) is 3.64. The molecule has 0 atom stereocenters. The highest BCUT2D eigenvalue weighted by molar-refractivity contribution is 6.32. The minimum atomic E-state index is -0.120. The molecule has 4 nitrogen and oxygen atoms in total. The SMILES string of the molecule is COc1ccc(NCC(=O)Nc2ccc(C(C)(C)C)cc2)cc1Cl. The molecule has 0 saturated heterocycles. The average Bonchev–Trinajstić information content (AvgIpc) is 2.53. The van der Waals surface area contributed by atoms with Crippen molar-refractivity contribution in [2.24, 2.45) is 0 Å². The number of rotatable bonds is 5. The number of amides is 1. The number of ether oxygens (including phenoxy) is 1. The molecule has 2 aromatic carbocycles. The summed E-state index contributed by atoms with van der Waals surface area (Å²) in [4.78, 5) is 12.0. The zero-order valence-electron chi connectivity index (χ0n) is 14.4. The largest absolute Gasteiger partial charge is 0.495 e.